The molecule has 1 aliphatic rings. The number of hydrogen-bond acceptors (Lipinski definition) is 2. The first kappa shape index (κ1) is 16.7. The zero-order valence-electron chi connectivity index (χ0n) is 14.5. The molecule has 1 aliphatic heterocycles. The third-order valence-electron chi connectivity index (χ3n) is 5.22. The number of carbonyl (C=O) groups is 1. The van der Waals surface area contributed by atoms with Crippen LogP contribution < -0.4 is 5.32 Å². The van der Waals surface area contributed by atoms with Crippen molar-refractivity contribution < 1.29 is 4.79 Å². The molecule has 0 radical (unpaired) electrons. The van der Waals surface area contributed by atoms with Crippen LogP contribution in [0.25, 0.3) is 0 Å². The van der Waals surface area contributed by atoms with Gasteiger partial charge in [-0.05, 0) is 43.9 Å². The summed E-state index contributed by atoms with van der Waals surface area (Å²) in [6.45, 7) is 3.10. The average molecular weight is 322 g/mol. The predicted molar refractivity (Wildman–Crippen MR) is 97.7 cm³/mol. The van der Waals surface area contributed by atoms with Crippen molar-refractivity contribution in [3.8, 4) is 0 Å². The molecule has 24 heavy (non-hydrogen) atoms. The Morgan fingerprint density at radius 3 is 2.33 bits per heavy atom. The molecule has 1 amide bonds. The molecular formula is C21H26N2O. The van der Waals surface area contributed by atoms with E-state index in [1.807, 2.05) is 36.2 Å². The van der Waals surface area contributed by atoms with Gasteiger partial charge >= 0.3 is 0 Å². The normalized spacial score (nSPS) is 19.7. The van der Waals surface area contributed by atoms with Crippen LogP contribution in [0.2, 0.25) is 0 Å². The zero-order valence-corrected chi connectivity index (χ0v) is 14.5. The van der Waals surface area contributed by atoms with E-state index in [-0.39, 0.29) is 17.5 Å². The predicted octanol–water partition coefficient (Wildman–Crippen LogP) is 3.35. The van der Waals surface area contributed by atoms with Gasteiger partial charge in [-0.2, -0.15) is 0 Å². The van der Waals surface area contributed by atoms with Crippen molar-refractivity contribution in [3.05, 3.63) is 71.8 Å². The number of amides is 1. The molecule has 1 N–H and O–H groups in total. The summed E-state index contributed by atoms with van der Waals surface area (Å²) in [5.41, 5.74) is 2.04. The monoisotopic (exact) mass is 322 g/mol. The van der Waals surface area contributed by atoms with E-state index in [1.165, 1.54) is 11.1 Å². The second kappa shape index (κ2) is 7.18. The van der Waals surface area contributed by atoms with E-state index in [1.54, 1.807) is 0 Å². The van der Waals surface area contributed by atoms with Crippen molar-refractivity contribution in [2.45, 2.75) is 37.8 Å². The van der Waals surface area contributed by atoms with E-state index >= 15 is 0 Å². The van der Waals surface area contributed by atoms with Crippen LogP contribution in [-0.2, 0) is 16.8 Å². The fraction of sp³-hybridized carbons (Fsp3) is 0.381. The topological polar surface area (TPSA) is 32.3 Å². The Morgan fingerprint density at radius 2 is 1.75 bits per heavy atom. The SMILES string of the molecule is CN(C(=O)[C@@H]1CCCN1)C(C)(Cc1ccccc1)c1ccccc1. The third kappa shape index (κ3) is 3.36. The standard InChI is InChI=1S/C21H26N2O/c1-21(18-12-7-4-8-13-18,16-17-10-5-3-6-11-17)23(2)20(24)19-14-9-15-22-19/h3-8,10-13,19,22H,9,14-16H2,1-2H3/t19-,21?/m0/s1. The minimum absolute atomic E-state index is 0.0474. The van der Waals surface area contributed by atoms with E-state index in [0.717, 1.165) is 25.8 Å². The number of hydrogen-bond donors (Lipinski definition) is 1. The second-order valence-electron chi connectivity index (χ2n) is 6.85. The van der Waals surface area contributed by atoms with Crippen LogP contribution in [0.3, 0.4) is 0 Å². The Balaban J connectivity index is 1.93. The summed E-state index contributed by atoms with van der Waals surface area (Å²) in [5, 5.41) is 3.33. The summed E-state index contributed by atoms with van der Waals surface area (Å²) >= 11 is 0. The van der Waals surface area contributed by atoms with Gasteiger partial charge in [-0.3, -0.25) is 4.79 Å². The molecule has 1 saturated heterocycles. The molecule has 3 heteroatoms. The molecule has 1 unspecified atom stereocenters. The van der Waals surface area contributed by atoms with E-state index in [2.05, 4.69) is 48.6 Å². The molecule has 2 atom stereocenters. The van der Waals surface area contributed by atoms with Gasteiger partial charge in [0.05, 0.1) is 11.6 Å². The van der Waals surface area contributed by atoms with Crippen molar-refractivity contribution in [1.29, 1.82) is 0 Å². The molecule has 3 nitrogen and oxygen atoms in total. The Kier molecular flexibility index (Phi) is 5.00. The molecular weight excluding hydrogens is 296 g/mol. The summed E-state index contributed by atoms with van der Waals surface area (Å²) < 4.78 is 0. The molecule has 2 aromatic rings. The van der Waals surface area contributed by atoms with Crippen LogP contribution in [-0.4, -0.2) is 30.4 Å². The van der Waals surface area contributed by atoms with Gasteiger partial charge < -0.3 is 10.2 Å². The molecule has 2 aromatic carbocycles. The van der Waals surface area contributed by atoms with Crippen molar-refractivity contribution in [1.82, 2.24) is 10.2 Å². The lowest BCUT2D eigenvalue weighted by Gasteiger charge is -2.41. The summed E-state index contributed by atoms with van der Waals surface area (Å²) in [5.74, 6) is 0.190. The van der Waals surface area contributed by atoms with Crippen molar-refractivity contribution >= 4 is 5.91 Å². The smallest absolute Gasteiger partial charge is 0.240 e. The van der Waals surface area contributed by atoms with Gasteiger partial charge in [-0.25, -0.2) is 0 Å². The summed E-state index contributed by atoms with van der Waals surface area (Å²) in [6, 6.07) is 20.7. The van der Waals surface area contributed by atoms with Crippen LogP contribution in [0, 0.1) is 0 Å². The largest absolute Gasteiger partial charge is 0.335 e. The van der Waals surface area contributed by atoms with E-state index in [0.29, 0.717) is 0 Å². The molecule has 0 aliphatic carbocycles. The van der Waals surface area contributed by atoms with Crippen LogP contribution in [0.1, 0.15) is 30.9 Å². The van der Waals surface area contributed by atoms with Crippen molar-refractivity contribution in [2.24, 2.45) is 0 Å². The number of nitrogens with one attached hydrogen (secondary N) is 1. The maximum Gasteiger partial charge on any atom is 0.240 e. The Morgan fingerprint density at radius 1 is 1.12 bits per heavy atom. The van der Waals surface area contributed by atoms with Gasteiger partial charge in [0.15, 0.2) is 0 Å². The highest BCUT2D eigenvalue weighted by Gasteiger charge is 2.37. The number of carbonyl (C=O) groups excluding carboxylic acids is 1. The van der Waals surface area contributed by atoms with Gasteiger partial charge in [0.25, 0.3) is 0 Å². The van der Waals surface area contributed by atoms with E-state index in [4.69, 9.17) is 0 Å². The Hall–Kier alpha value is -2.13. The second-order valence-corrected chi connectivity index (χ2v) is 6.85. The van der Waals surface area contributed by atoms with Gasteiger partial charge in [0, 0.05) is 7.05 Å². The summed E-state index contributed by atoms with van der Waals surface area (Å²) in [6.07, 6.45) is 2.80. The number of rotatable bonds is 5. The molecule has 0 aromatic heterocycles. The Labute approximate surface area is 144 Å². The lowest BCUT2D eigenvalue weighted by atomic mass is 9.83. The third-order valence-corrected chi connectivity index (χ3v) is 5.22. The highest BCUT2D eigenvalue weighted by atomic mass is 16.2. The van der Waals surface area contributed by atoms with Crippen molar-refractivity contribution in [3.63, 3.8) is 0 Å². The van der Waals surface area contributed by atoms with Gasteiger partial charge in [0.1, 0.15) is 0 Å². The highest BCUT2D eigenvalue weighted by molar-refractivity contribution is 5.83. The first-order valence-corrected chi connectivity index (χ1v) is 8.72. The lowest BCUT2D eigenvalue weighted by molar-refractivity contribution is -0.137. The van der Waals surface area contributed by atoms with Crippen LogP contribution in [0.5, 0.6) is 0 Å². The van der Waals surface area contributed by atoms with E-state index in [9.17, 15) is 4.79 Å². The van der Waals surface area contributed by atoms with Gasteiger partial charge in [-0.1, -0.05) is 60.7 Å². The maximum atomic E-state index is 13.0. The van der Waals surface area contributed by atoms with E-state index < -0.39 is 0 Å². The first-order valence-electron chi connectivity index (χ1n) is 8.72. The lowest BCUT2D eigenvalue weighted by Crippen LogP contribution is -2.52. The Bertz CT molecular complexity index is 665. The summed E-state index contributed by atoms with van der Waals surface area (Å²) in [4.78, 5) is 15.0. The minimum atomic E-state index is -0.371. The molecule has 126 valence electrons. The maximum absolute atomic E-state index is 13.0. The van der Waals surface area contributed by atoms with Gasteiger partial charge in [-0.15, -0.1) is 0 Å². The van der Waals surface area contributed by atoms with Crippen LogP contribution in [0.4, 0.5) is 0 Å². The quantitative estimate of drug-likeness (QED) is 0.915. The molecule has 0 bridgehead atoms. The zero-order chi connectivity index (χ0) is 17.0. The van der Waals surface area contributed by atoms with Gasteiger partial charge in [0.2, 0.25) is 5.91 Å². The molecule has 0 saturated carbocycles. The van der Waals surface area contributed by atoms with Crippen LogP contribution in [0.15, 0.2) is 60.7 Å². The molecule has 1 fully saturated rings. The molecule has 3 rings (SSSR count). The summed E-state index contributed by atoms with van der Waals surface area (Å²) in [7, 11) is 1.94. The highest BCUT2D eigenvalue weighted by Crippen LogP contribution is 2.32. The van der Waals surface area contributed by atoms with Crippen molar-refractivity contribution in [2.75, 3.05) is 13.6 Å². The number of nitrogens with zero attached hydrogens (tertiary/aromatic N) is 1. The first-order chi connectivity index (χ1) is 11.6. The average Bonchev–Trinajstić information content (AvgIpc) is 3.16. The molecule has 0 spiro atoms. The fourth-order valence-corrected chi connectivity index (χ4v) is 3.58. The minimum Gasteiger partial charge on any atom is -0.335 e. The molecule has 1 heterocycles. The fourth-order valence-electron chi connectivity index (χ4n) is 3.58. The van der Waals surface area contributed by atoms with Crippen LogP contribution >= 0.6 is 0 Å². The number of benzene rings is 2. The number of likely N-dealkylation sites (N-methyl/N-ethyl adjacent to an activating group) is 1.